The second-order valence-electron chi connectivity index (χ2n) is 4.27. The number of carbonyl (C=O) groups is 2. The van der Waals surface area contributed by atoms with Gasteiger partial charge in [0.1, 0.15) is 0 Å². The zero-order chi connectivity index (χ0) is 15.3. The van der Waals surface area contributed by atoms with Crippen LogP contribution in [0, 0.1) is 0 Å². The lowest BCUT2D eigenvalue weighted by molar-refractivity contribution is -0.148. The molecule has 0 aromatic carbocycles. The fourth-order valence-electron chi connectivity index (χ4n) is 1.22. The van der Waals surface area contributed by atoms with Crippen molar-refractivity contribution in [2.75, 3.05) is 5.32 Å². The van der Waals surface area contributed by atoms with Gasteiger partial charge in [0.25, 0.3) is 5.91 Å². The van der Waals surface area contributed by atoms with E-state index < -0.39 is 18.0 Å². The molecule has 108 valence electrons. The maximum Gasteiger partial charge on any atom is 0.331 e. The van der Waals surface area contributed by atoms with Gasteiger partial charge in [-0.25, -0.2) is 9.78 Å². The van der Waals surface area contributed by atoms with Crippen LogP contribution in [0.15, 0.2) is 23.9 Å². The standard InChI is InChI=1S/C13H14Cl2N2O3/c1-7(2)4-11(18)20-8(3)13(19)17-12-10(15)5-9(14)6-16-12/h4-6,8H,1-3H3,(H,16,17,19)/t8-/m1/s1. The predicted octanol–water partition coefficient (Wildman–Crippen LogP) is 3.22. The minimum Gasteiger partial charge on any atom is -0.449 e. The average Bonchev–Trinajstić information content (AvgIpc) is 2.31. The van der Waals surface area contributed by atoms with E-state index in [1.54, 1.807) is 13.8 Å². The van der Waals surface area contributed by atoms with Crippen molar-refractivity contribution in [1.82, 2.24) is 4.98 Å². The number of nitrogens with one attached hydrogen (secondary N) is 1. The molecular weight excluding hydrogens is 303 g/mol. The van der Waals surface area contributed by atoms with Gasteiger partial charge in [-0.2, -0.15) is 0 Å². The Morgan fingerprint density at radius 3 is 2.60 bits per heavy atom. The summed E-state index contributed by atoms with van der Waals surface area (Å²) in [7, 11) is 0. The van der Waals surface area contributed by atoms with Crippen molar-refractivity contribution in [2.24, 2.45) is 0 Å². The number of anilines is 1. The first-order valence-electron chi connectivity index (χ1n) is 5.77. The lowest BCUT2D eigenvalue weighted by atomic mass is 10.3. The highest BCUT2D eigenvalue weighted by Crippen LogP contribution is 2.22. The number of esters is 1. The molecule has 0 saturated heterocycles. The van der Waals surface area contributed by atoms with Gasteiger partial charge in [0.05, 0.1) is 10.0 Å². The number of aromatic nitrogens is 1. The van der Waals surface area contributed by atoms with Gasteiger partial charge >= 0.3 is 5.97 Å². The van der Waals surface area contributed by atoms with Gasteiger partial charge in [0.2, 0.25) is 0 Å². The molecule has 0 aliphatic carbocycles. The van der Waals surface area contributed by atoms with Crippen molar-refractivity contribution in [3.8, 4) is 0 Å². The molecule has 0 radical (unpaired) electrons. The molecule has 5 nitrogen and oxygen atoms in total. The summed E-state index contributed by atoms with van der Waals surface area (Å²) in [4.78, 5) is 27.1. The maximum atomic E-state index is 11.8. The molecule has 1 aromatic rings. The molecule has 1 heterocycles. The number of hydrogen-bond acceptors (Lipinski definition) is 4. The average molecular weight is 317 g/mol. The second kappa shape index (κ2) is 7.26. The first-order valence-corrected chi connectivity index (χ1v) is 6.52. The summed E-state index contributed by atoms with van der Waals surface area (Å²) >= 11 is 11.6. The highest BCUT2D eigenvalue weighted by Gasteiger charge is 2.18. The van der Waals surface area contributed by atoms with E-state index in [0.717, 1.165) is 5.57 Å². The summed E-state index contributed by atoms with van der Waals surface area (Å²) in [5.74, 6) is -0.953. The number of nitrogens with zero attached hydrogens (tertiary/aromatic N) is 1. The Labute approximate surface area is 126 Å². The topological polar surface area (TPSA) is 68.3 Å². The molecule has 20 heavy (non-hydrogen) atoms. The molecule has 0 aliphatic heterocycles. The molecule has 1 aromatic heterocycles. The normalized spacial score (nSPS) is 11.4. The van der Waals surface area contributed by atoms with E-state index >= 15 is 0 Å². The minimum absolute atomic E-state index is 0.158. The summed E-state index contributed by atoms with van der Waals surface area (Å²) in [6, 6.07) is 1.45. The van der Waals surface area contributed by atoms with Crippen molar-refractivity contribution in [3.05, 3.63) is 34.0 Å². The van der Waals surface area contributed by atoms with E-state index in [1.807, 2.05) is 0 Å². The van der Waals surface area contributed by atoms with Crippen LogP contribution in [-0.4, -0.2) is 23.0 Å². The van der Waals surface area contributed by atoms with E-state index in [2.05, 4.69) is 10.3 Å². The van der Waals surface area contributed by atoms with Crippen LogP contribution in [0.25, 0.3) is 0 Å². The Morgan fingerprint density at radius 2 is 2.05 bits per heavy atom. The number of rotatable bonds is 4. The molecule has 1 N–H and O–H groups in total. The fraction of sp³-hybridized carbons (Fsp3) is 0.308. The zero-order valence-electron chi connectivity index (χ0n) is 11.2. The Bertz CT molecular complexity index is 555. The van der Waals surface area contributed by atoms with E-state index in [9.17, 15) is 9.59 Å². The Balaban J connectivity index is 2.66. The SMILES string of the molecule is CC(C)=CC(=O)O[C@H](C)C(=O)Nc1ncc(Cl)cc1Cl. The maximum absolute atomic E-state index is 11.8. The Hall–Kier alpha value is -1.59. The molecule has 0 bridgehead atoms. The van der Waals surface area contributed by atoms with Gasteiger partial charge in [-0.15, -0.1) is 0 Å². The van der Waals surface area contributed by atoms with E-state index in [4.69, 9.17) is 27.9 Å². The molecule has 7 heteroatoms. The number of allylic oxidation sites excluding steroid dienone is 1. The summed E-state index contributed by atoms with van der Waals surface area (Å²) in [5.41, 5.74) is 0.782. The van der Waals surface area contributed by atoms with Crippen LogP contribution in [0.5, 0.6) is 0 Å². The van der Waals surface area contributed by atoms with E-state index in [-0.39, 0.29) is 10.8 Å². The molecule has 0 saturated carbocycles. The van der Waals surface area contributed by atoms with Crippen LogP contribution in [0.1, 0.15) is 20.8 Å². The van der Waals surface area contributed by atoms with Crippen LogP contribution >= 0.6 is 23.2 Å². The molecule has 0 unspecified atom stereocenters. The molecule has 1 amide bonds. The van der Waals surface area contributed by atoms with Gasteiger partial charge in [-0.05, 0) is 26.8 Å². The quantitative estimate of drug-likeness (QED) is 0.684. The van der Waals surface area contributed by atoms with E-state index in [0.29, 0.717) is 5.02 Å². The highest BCUT2D eigenvalue weighted by atomic mass is 35.5. The Morgan fingerprint density at radius 1 is 1.40 bits per heavy atom. The smallest absolute Gasteiger partial charge is 0.331 e. The van der Waals surface area contributed by atoms with Gasteiger partial charge in [-0.1, -0.05) is 28.8 Å². The minimum atomic E-state index is -0.966. The molecule has 1 rings (SSSR count). The first kappa shape index (κ1) is 16.5. The van der Waals surface area contributed by atoms with Crippen LogP contribution in [0.4, 0.5) is 5.82 Å². The van der Waals surface area contributed by atoms with E-state index in [1.165, 1.54) is 25.3 Å². The van der Waals surface area contributed by atoms with Crippen molar-refractivity contribution < 1.29 is 14.3 Å². The largest absolute Gasteiger partial charge is 0.449 e. The van der Waals surface area contributed by atoms with Gasteiger partial charge in [0, 0.05) is 12.3 Å². The zero-order valence-corrected chi connectivity index (χ0v) is 12.7. The number of hydrogen-bond donors (Lipinski definition) is 1. The summed E-state index contributed by atoms with van der Waals surface area (Å²) in [6.07, 6.45) is 1.69. The molecule has 1 atom stereocenters. The third-order valence-corrected chi connectivity index (χ3v) is 2.61. The number of carbonyl (C=O) groups excluding carboxylic acids is 2. The van der Waals surface area contributed by atoms with Crippen LogP contribution in [0.3, 0.4) is 0 Å². The first-order chi connectivity index (χ1) is 9.29. The van der Waals surface area contributed by atoms with Crippen LogP contribution in [-0.2, 0) is 14.3 Å². The highest BCUT2D eigenvalue weighted by molar-refractivity contribution is 6.36. The number of halogens is 2. The molecule has 0 spiro atoms. The van der Waals surface area contributed by atoms with Gasteiger partial charge in [-0.3, -0.25) is 4.79 Å². The monoisotopic (exact) mass is 316 g/mol. The lowest BCUT2D eigenvalue weighted by Gasteiger charge is -2.12. The fourth-order valence-corrected chi connectivity index (χ4v) is 1.65. The van der Waals surface area contributed by atoms with Gasteiger partial charge in [0.15, 0.2) is 11.9 Å². The van der Waals surface area contributed by atoms with Gasteiger partial charge < -0.3 is 10.1 Å². The third-order valence-electron chi connectivity index (χ3n) is 2.12. The molecule has 0 fully saturated rings. The van der Waals surface area contributed by atoms with Crippen molar-refractivity contribution in [1.29, 1.82) is 0 Å². The molecular formula is C13H14Cl2N2O3. The van der Waals surface area contributed by atoms with Crippen molar-refractivity contribution in [2.45, 2.75) is 26.9 Å². The predicted molar refractivity (Wildman–Crippen MR) is 77.9 cm³/mol. The summed E-state index contributed by atoms with van der Waals surface area (Å²) in [5, 5.41) is 3.02. The number of ether oxygens (including phenoxy) is 1. The number of pyridine rings is 1. The van der Waals surface area contributed by atoms with Crippen molar-refractivity contribution in [3.63, 3.8) is 0 Å². The Kier molecular flexibility index (Phi) is 5.98. The second-order valence-corrected chi connectivity index (χ2v) is 5.12. The third kappa shape index (κ3) is 5.19. The summed E-state index contributed by atoms with van der Waals surface area (Å²) in [6.45, 7) is 4.96. The van der Waals surface area contributed by atoms with Crippen LogP contribution < -0.4 is 5.32 Å². The number of amides is 1. The lowest BCUT2D eigenvalue weighted by Crippen LogP contribution is -2.30. The molecule has 0 aliphatic rings. The summed E-state index contributed by atoms with van der Waals surface area (Å²) < 4.78 is 4.93. The van der Waals surface area contributed by atoms with Crippen molar-refractivity contribution >= 4 is 40.9 Å². The van der Waals surface area contributed by atoms with Crippen LogP contribution in [0.2, 0.25) is 10.0 Å².